The number of aliphatic imine (C=N–C) groups is 1. The van der Waals surface area contributed by atoms with Crippen molar-refractivity contribution in [2.75, 3.05) is 41.3 Å². The van der Waals surface area contributed by atoms with Gasteiger partial charge in [0, 0.05) is 34.7 Å². The molecule has 0 N–H and O–H groups in total. The zero-order valence-corrected chi connectivity index (χ0v) is 15.3. The standard InChI is InChI=1S/C19H32N4/c1-21(2)19(22(3)4)20-15-17-10-9-11-18(14-17)16-23-12-7-5-6-8-13-23/h9-11,14H,5-8,12-13,15-16H2,1-4H3. The van der Waals surface area contributed by atoms with Crippen LogP contribution in [0.4, 0.5) is 0 Å². The molecule has 2 rings (SSSR count). The highest BCUT2D eigenvalue weighted by atomic mass is 15.3. The lowest BCUT2D eigenvalue weighted by Crippen LogP contribution is -2.35. The number of hydrogen-bond donors (Lipinski definition) is 0. The zero-order chi connectivity index (χ0) is 16.7. The van der Waals surface area contributed by atoms with Crippen molar-refractivity contribution in [1.82, 2.24) is 14.7 Å². The van der Waals surface area contributed by atoms with E-state index in [0.717, 1.165) is 19.0 Å². The van der Waals surface area contributed by atoms with Crippen molar-refractivity contribution in [3.05, 3.63) is 35.4 Å². The van der Waals surface area contributed by atoms with Crippen LogP contribution < -0.4 is 0 Å². The highest BCUT2D eigenvalue weighted by Crippen LogP contribution is 2.14. The Morgan fingerprint density at radius 2 is 1.57 bits per heavy atom. The van der Waals surface area contributed by atoms with E-state index in [4.69, 9.17) is 4.99 Å². The number of rotatable bonds is 4. The molecule has 128 valence electrons. The molecule has 1 fully saturated rings. The monoisotopic (exact) mass is 316 g/mol. The molecular weight excluding hydrogens is 284 g/mol. The van der Waals surface area contributed by atoms with Crippen LogP contribution in [0.3, 0.4) is 0 Å². The minimum absolute atomic E-state index is 0.736. The summed E-state index contributed by atoms with van der Waals surface area (Å²) in [5.41, 5.74) is 2.70. The molecule has 1 saturated heterocycles. The van der Waals surface area contributed by atoms with Gasteiger partial charge in [0.25, 0.3) is 0 Å². The second-order valence-electron chi connectivity index (χ2n) is 6.92. The minimum atomic E-state index is 0.736. The summed E-state index contributed by atoms with van der Waals surface area (Å²) in [6.45, 7) is 4.30. The van der Waals surface area contributed by atoms with E-state index in [1.54, 1.807) is 0 Å². The molecule has 1 aromatic carbocycles. The predicted molar refractivity (Wildman–Crippen MR) is 98.7 cm³/mol. The molecule has 0 saturated carbocycles. The fourth-order valence-electron chi connectivity index (χ4n) is 3.22. The van der Waals surface area contributed by atoms with Gasteiger partial charge >= 0.3 is 0 Å². The van der Waals surface area contributed by atoms with E-state index < -0.39 is 0 Å². The molecular formula is C19H32N4. The SMILES string of the molecule is CN(C)C(=NCc1cccc(CN2CCCCCC2)c1)N(C)C. The van der Waals surface area contributed by atoms with Crippen molar-refractivity contribution in [3.8, 4) is 0 Å². The molecule has 0 radical (unpaired) electrons. The second-order valence-corrected chi connectivity index (χ2v) is 6.92. The lowest BCUT2D eigenvalue weighted by atomic mass is 10.1. The molecule has 1 aromatic rings. The largest absolute Gasteiger partial charge is 0.349 e. The highest BCUT2D eigenvalue weighted by Gasteiger charge is 2.10. The van der Waals surface area contributed by atoms with Gasteiger partial charge in [-0.05, 0) is 37.1 Å². The summed E-state index contributed by atoms with van der Waals surface area (Å²) in [4.78, 5) is 11.5. The third-order valence-corrected chi connectivity index (χ3v) is 4.30. The van der Waals surface area contributed by atoms with Gasteiger partial charge in [0.05, 0.1) is 6.54 Å². The Balaban J connectivity index is 2.00. The van der Waals surface area contributed by atoms with Gasteiger partial charge in [0.15, 0.2) is 5.96 Å². The summed E-state index contributed by atoms with van der Waals surface area (Å²) in [5.74, 6) is 1.00. The van der Waals surface area contributed by atoms with Crippen LogP contribution in [-0.4, -0.2) is 61.9 Å². The van der Waals surface area contributed by atoms with Crippen molar-refractivity contribution in [1.29, 1.82) is 0 Å². The molecule has 0 bridgehead atoms. The Labute approximate surface area is 141 Å². The normalized spacial score (nSPS) is 15.8. The van der Waals surface area contributed by atoms with Crippen LogP contribution in [0.15, 0.2) is 29.3 Å². The lowest BCUT2D eigenvalue weighted by Gasteiger charge is -2.23. The molecule has 23 heavy (non-hydrogen) atoms. The Hall–Kier alpha value is -1.55. The van der Waals surface area contributed by atoms with Gasteiger partial charge in [-0.3, -0.25) is 4.90 Å². The number of guanidine groups is 1. The van der Waals surface area contributed by atoms with Gasteiger partial charge < -0.3 is 9.80 Å². The molecule has 1 aliphatic rings. The quantitative estimate of drug-likeness (QED) is 0.630. The molecule has 0 unspecified atom stereocenters. The van der Waals surface area contributed by atoms with E-state index in [1.807, 2.05) is 28.2 Å². The maximum absolute atomic E-state index is 4.75. The van der Waals surface area contributed by atoms with Crippen molar-refractivity contribution < 1.29 is 0 Å². The Morgan fingerprint density at radius 3 is 2.17 bits per heavy atom. The molecule has 1 aliphatic heterocycles. The van der Waals surface area contributed by atoms with Crippen molar-refractivity contribution >= 4 is 5.96 Å². The number of benzene rings is 1. The molecule has 0 amide bonds. The number of hydrogen-bond acceptors (Lipinski definition) is 2. The first-order valence-corrected chi connectivity index (χ1v) is 8.75. The maximum atomic E-state index is 4.75. The van der Waals surface area contributed by atoms with Gasteiger partial charge in [-0.25, -0.2) is 4.99 Å². The minimum Gasteiger partial charge on any atom is -0.349 e. The van der Waals surface area contributed by atoms with Crippen LogP contribution in [-0.2, 0) is 13.1 Å². The summed E-state index contributed by atoms with van der Waals surface area (Å²) in [6.07, 6.45) is 5.48. The Kier molecular flexibility index (Phi) is 6.90. The average Bonchev–Trinajstić information content (AvgIpc) is 2.76. The topological polar surface area (TPSA) is 22.1 Å². The fourth-order valence-corrected chi connectivity index (χ4v) is 3.22. The second kappa shape index (κ2) is 8.92. The van der Waals surface area contributed by atoms with Crippen molar-refractivity contribution in [2.24, 2.45) is 4.99 Å². The lowest BCUT2D eigenvalue weighted by molar-refractivity contribution is 0.277. The van der Waals surface area contributed by atoms with Gasteiger partial charge in [0.2, 0.25) is 0 Å². The van der Waals surface area contributed by atoms with Crippen molar-refractivity contribution in [2.45, 2.75) is 38.8 Å². The zero-order valence-electron chi connectivity index (χ0n) is 15.3. The van der Waals surface area contributed by atoms with Gasteiger partial charge in [-0.15, -0.1) is 0 Å². The van der Waals surface area contributed by atoms with Crippen molar-refractivity contribution in [3.63, 3.8) is 0 Å². The Morgan fingerprint density at radius 1 is 0.957 bits per heavy atom. The maximum Gasteiger partial charge on any atom is 0.195 e. The third-order valence-electron chi connectivity index (χ3n) is 4.30. The van der Waals surface area contributed by atoms with E-state index in [2.05, 4.69) is 39.0 Å². The number of likely N-dealkylation sites (tertiary alicyclic amines) is 1. The summed E-state index contributed by atoms with van der Waals surface area (Å²) < 4.78 is 0. The van der Waals surface area contributed by atoms with Crippen LogP contribution >= 0.6 is 0 Å². The van der Waals surface area contributed by atoms with E-state index in [1.165, 1.54) is 49.9 Å². The van der Waals surface area contributed by atoms with Crippen LogP contribution in [0.2, 0.25) is 0 Å². The van der Waals surface area contributed by atoms with Gasteiger partial charge in [0.1, 0.15) is 0 Å². The molecule has 0 aromatic heterocycles. The first-order chi connectivity index (χ1) is 11.1. The molecule has 0 spiro atoms. The smallest absolute Gasteiger partial charge is 0.195 e. The van der Waals surface area contributed by atoms with E-state index in [9.17, 15) is 0 Å². The van der Waals surface area contributed by atoms with Crippen LogP contribution in [0.25, 0.3) is 0 Å². The fraction of sp³-hybridized carbons (Fsp3) is 0.632. The summed E-state index contributed by atoms with van der Waals surface area (Å²) >= 11 is 0. The molecule has 4 nitrogen and oxygen atoms in total. The van der Waals surface area contributed by atoms with Gasteiger partial charge in [-0.2, -0.15) is 0 Å². The van der Waals surface area contributed by atoms with E-state index in [-0.39, 0.29) is 0 Å². The first-order valence-electron chi connectivity index (χ1n) is 8.75. The predicted octanol–water partition coefficient (Wildman–Crippen LogP) is 3.04. The average molecular weight is 316 g/mol. The van der Waals surface area contributed by atoms with Crippen LogP contribution in [0, 0.1) is 0 Å². The first kappa shape index (κ1) is 17.8. The molecule has 0 atom stereocenters. The van der Waals surface area contributed by atoms with E-state index in [0.29, 0.717) is 0 Å². The van der Waals surface area contributed by atoms with Crippen LogP contribution in [0.5, 0.6) is 0 Å². The van der Waals surface area contributed by atoms with E-state index >= 15 is 0 Å². The molecule has 0 aliphatic carbocycles. The van der Waals surface area contributed by atoms with Gasteiger partial charge in [-0.1, -0.05) is 37.1 Å². The number of nitrogens with zero attached hydrogens (tertiary/aromatic N) is 4. The molecule has 4 heteroatoms. The highest BCUT2D eigenvalue weighted by molar-refractivity contribution is 5.79. The summed E-state index contributed by atoms with van der Waals surface area (Å²) in [6, 6.07) is 8.91. The summed E-state index contributed by atoms with van der Waals surface area (Å²) in [7, 11) is 8.15. The third kappa shape index (κ3) is 5.87. The van der Waals surface area contributed by atoms with Crippen LogP contribution in [0.1, 0.15) is 36.8 Å². The summed E-state index contributed by atoms with van der Waals surface area (Å²) in [5, 5.41) is 0. The Bertz CT molecular complexity index is 490. The molecule has 1 heterocycles.